The van der Waals surface area contributed by atoms with Crippen molar-refractivity contribution in [3.63, 3.8) is 0 Å². The van der Waals surface area contributed by atoms with Gasteiger partial charge in [0.1, 0.15) is 24.4 Å². The molecule has 0 saturated heterocycles. The number of carbonyl (C=O) groups is 1. The standard InChI is InChI=1S/C25H24N2O4S/c1-32(29)19-8-5-17(6-9-19)16-26-25(28)18-7-10-22-24(15-18)31-14-12-27(22)21-3-2-4-23-20(21)11-13-30-23/h2-10,15H,11-14,16H2,1H3,(H,26,28). The van der Waals surface area contributed by atoms with Gasteiger partial charge in [0.25, 0.3) is 5.91 Å². The zero-order valence-corrected chi connectivity index (χ0v) is 18.6. The van der Waals surface area contributed by atoms with Gasteiger partial charge < -0.3 is 24.2 Å². The van der Waals surface area contributed by atoms with Gasteiger partial charge in [0.2, 0.25) is 0 Å². The third-order valence-corrected chi connectivity index (χ3v) is 6.74. The van der Waals surface area contributed by atoms with Crippen molar-refractivity contribution in [3.8, 4) is 11.5 Å². The van der Waals surface area contributed by atoms with E-state index in [0.717, 1.165) is 40.5 Å². The van der Waals surface area contributed by atoms with E-state index in [1.165, 1.54) is 5.56 Å². The van der Waals surface area contributed by atoms with Crippen LogP contribution in [0.4, 0.5) is 11.4 Å². The number of carbonyl (C=O) groups excluding carboxylic acids is 1. The molecule has 0 saturated carbocycles. The molecule has 2 heterocycles. The number of benzene rings is 3. The van der Waals surface area contributed by atoms with Gasteiger partial charge in [-0.15, -0.1) is 0 Å². The van der Waals surface area contributed by atoms with Crippen LogP contribution in [0.25, 0.3) is 0 Å². The molecule has 0 radical (unpaired) electrons. The van der Waals surface area contributed by atoms with E-state index in [2.05, 4.69) is 16.3 Å². The zero-order valence-electron chi connectivity index (χ0n) is 17.8. The van der Waals surface area contributed by atoms with Gasteiger partial charge in [0.05, 0.1) is 18.8 Å². The molecule has 6 nitrogen and oxygen atoms in total. The molecular formula is C25H24N2O4S. The van der Waals surface area contributed by atoms with E-state index < -0.39 is 11.2 Å². The monoisotopic (exact) mass is 448 g/mol. The topological polar surface area (TPSA) is 73.9 Å². The number of amides is 1. The molecule has 0 fully saturated rings. The fourth-order valence-corrected chi connectivity index (χ4v) is 4.67. The molecule has 1 N–H and O–H groups in total. The van der Waals surface area contributed by atoms with E-state index in [1.54, 1.807) is 12.3 Å². The van der Waals surface area contributed by atoms with Crippen LogP contribution < -0.4 is 19.7 Å². The minimum Gasteiger partial charge on any atom is -0.612 e. The molecule has 3 aromatic carbocycles. The highest BCUT2D eigenvalue weighted by atomic mass is 32.2. The highest BCUT2D eigenvalue weighted by Gasteiger charge is 2.25. The number of rotatable bonds is 5. The lowest BCUT2D eigenvalue weighted by Gasteiger charge is -2.32. The van der Waals surface area contributed by atoms with Crippen molar-refractivity contribution in [1.29, 1.82) is 0 Å². The minimum absolute atomic E-state index is 0.161. The third kappa shape index (κ3) is 4.01. The summed E-state index contributed by atoms with van der Waals surface area (Å²) in [4.78, 5) is 15.8. The first-order valence-electron chi connectivity index (χ1n) is 10.6. The van der Waals surface area contributed by atoms with Crippen LogP contribution in [0.15, 0.2) is 65.6 Å². The average molecular weight is 449 g/mol. The minimum atomic E-state index is -1.01. The van der Waals surface area contributed by atoms with Gasteiger partial charge in [-0.1, -0.05) is 18.2 Å². The Morgan fingerprint density at radius 2 is 1.84 bits per heavy atom. The van der Waals surface area contributed by atoms with Crippen molar-refractivity contribution < 1.29 is 18.8 Å². The number of nitrogens with one attached hydrogen (secondary N) is 1. The van der Waals surface area contributed by atoms with Crippen LogP contribution in [0.5, 0.6) is 11.5 Å². The summed E-state index contributed by atoms with van der Waals surface area (Å²) in [6.07, 6.45) is 2.54. The first-order chi connectivity index (χ1) is 15.6. The Morgan fingerprint density at radius 1 is 1.03 bits per heavy atom. The van der Waals surface area contributed by atoms with Gasteiger partial charge in [-0.3, -0.25) is 4.79 Å². The quantitative estimate of drug-likeness (QED) is 0.601. The SMILES string of the molecule is C[S+]([O-])c1ccc(CNC(=O)c2ccc3c(c2)OCCN3c2cccc3c2CCO3)cc1. The lowest BCUT2D eigenvalue weighted by Crippen LogP contribution is -2.30. The average Bonchev–Trinajstić information content (AvgIpc) is 3.31. The van der Waals surface area contributed by atoms with Gasteiger partial charge >= 0.3 is 0 Å². The number of ether oxygens (including phenoxy) is 2. The van der Waals surface area contributed by atoms with E-state index in [1.807, 2.05) is 48.5 Å². The van der Waals surface area contributed by atoms with Gasteiger partial charge in [0.15, 0.2) is 4.90 Å². The molecule has 1 atom stereocenters. The number of anilines is 2. The summed E-state index contributed by atoms with van der Waals surface area (Å²) in [5.41, 5.74) is 4.82. The summed E-state index contributed by atoms with van der Waals surface area (Å²) < 4.78 is 23.1. The van der Waals surface area contributed by atoms with Gasteiger partial charge in [0, 0.05) is 29.8 Å². The molecule has 0 aromatic heterocycles. The number of hydrogen-bond acceptors (Lipinski definition) is 5. The predicted octanol–water partition coefficient (Wildman–Crippen LogP) is 3.82. The molecule has 164 valence electrons. The van der Waals surface area contributed by atoms with Gasteiger partial charge in [-0.05, 0) is 59.2 Å². The van der Waals surface area contributed by atoms with Crippen molar-refractivity contribution in [2.45, 2.75) is 17.9 Å². The highest BCUT2D eigenvalue weighted by molar-refractivity contribution is 7.90. The second-order valence-corrected chi connectivity index (χ2v) is 9.20. The van der Waals surface area contributed by atoms with E-state index >= 15 is 0 Å². The summed E-state index contributed by atoms with van der Waals surface area (Å²) in [6, 6.07) is 19.1. The third-order valence-electron chi connectivity index (χ3n) is 5.80. The van der Waals surface area contributed by atoms with Gasteiger partial charge in [-0.2, -0.15) is 0 Å². The molecule has 2 aliphatic rings. The maximum Gasteiger partial charge on any atom is 0.251 e. The van der Waals surface area contributed by atoms with Crippen LogP contribution in [-0.4, -0.2) is 36.5 Å². The fourth-order valence-electron chi connectivity index (χ4n) is 4.15. The Balaban J connectivity index is 1.32. The number of fused-ring (bicyclic) bond motifs is 2. The van der Waals surface area contributed by atoms with Crippen molar-refractivity contribution in [2.75, 3.05) is 30.9 Å². The molecule has 5 rings (SSSR count). The Hall–Kier alpha value is -3.16. The Morgan fingerprint density at radius 3 is 2.66 bits per heavy atom. The summed E-state index contributed by atoms with van der Waals surface area (Å²) >= 11 is -1.01. The maximum absolute atomic E-state index is 12.7. The molecule has 0 bridgehead atoms. The summed E-state index contributed by atoms with van der Waals surface area (Å²) in [5, 5.41) is 2.95. The van der Waals surface area contributed by atoms with E-state index in [-0.39, 0.29) is 5.91 Å². The zero-order chi connectivity index (χ0) is 22.1. The molecule has 1 unspecified atom stereocenters. The predicted molar refractivity (Wildman–Crippen MR) is 125 cm³/mol. The first kappa shape index (κ1) is 20.7. The molecular weight excluding hydrogens is 424 g/mol. The van der Waals surface area contributed by atoms with Crippen molar-refractivity contribution in [3.05, 3.63) is 77.4 Å². The molecule has 7 heteroatoms. The Kier molecular flexibility index (Phi) is 5.68. The van der Waals surface area contributed by atoms with Crippen molar-refractivity contribution in [1.82, 2.24) is 5.32 Å². The van der Waals surface area contributed by atoms with Crippen LogP contribution in [0.2, 0.25) is 0 Å². The molecule has 32 heavy (non-hydrogen) atoms. The fraction of sp³-hybridized carbons (Fsp3) is 0.240. The largest absolute Gasteiger partial charge is 0.612 e. The van der Waals surface area contributed by atoms with E-state index in [9.17, 15) is 9.35 Å². The van der Waals surface area contributed by atoms with Gasteiger partial charge in [-0.25, -0.2) is 0 Å². The van der Waals surface area contributed by atoms with Crippen LogP contribution in [0.3, 0.4) is 0 Å². The lowest BCUT2D eigenvalue weighted by atomic mass is 10.1. The van der Waals surface area contributed by atoms with Crippen LogP contribution in [0, 0.1) is 0 Å². The maximum atomic E-state index is 12.7. The second-order valence-electron chi connectivity index (χ2n) is 7.82. The first-order valence-corrected chi connectivity index (χ1v) is 12.2. The Bertz CT molecular complexity index is 1150. The molecule has 2 aliphatic heterocycles. The summed E-state index contributed by atoms with van der Waals surface area (Å²) in [7, 11) is 0. The highest BCUT2D eigenvalue weighted by Crippen LogP contribution is 2.42. The number of hydrogen-bond donors (Lipinski definition) is 1. The van der Waals surface area contributed by atoms with Crippen LogP contribution in [-0.2, 0) is 24.1 Å². The van der Waals surface area contributed by atoms with Crippen molar-refractivity contribution in [2.24, 2.45) is 0 Å². The normalized spacial score (nSPS) is 15.2. The number of nitrogens with zero attached hydrogens (tertiary/aromatic N) is 1. The smallest absolute Gasteiger partial charge is 0.251 e. The van der Waals surface area contributed by atoms with E-state index in [0.29, 0.717) is 31.1 Å². The molecule has 1 amide bonds. The second kappa shape index (κ2) is 8.76. The van der Waals surface area contributed by atoms with Crippen LogP contribution >= 0.6 is 0 Å². The molecule has 0 spiro atoms. The van der Waals surface area contributed by atoms with E-state index in [4.69, 9.17) is 9.47 Å². The Labute approximate surface area is 190 Å². The molecule has 0 aliphatic carbocycles. The van der Waals surface area contributed by atoms with Crippen molar-refractivity contribution >= 4 is 28.5 Å². The molecule has 3 aromatic rings. The van der Waals surface area contributed by atoms with Crippen LogP contribution in [0.1, 0.15) is 21.5 Å². The summed E-state index contributed by atoms with van der Waals surface area (Å²) in [6.45, 7) is 2.40. The summed E-state index contributed by atoms with van der Waals surface area (Å²) in [5.74, 6) is 1.49. The lowest BCUT2D eigenvalue weighted by molar-refractivity contribution is 0.0950.